The average Bonchev–Trinajstić information content (AvgIpc) is 2.54. The zero-order valence-electron chi connectivity index (χ0n) is 12.3. The minimum Gasteiger partial charge on any atom is -0.497 e. The quantitative estimate of drug-likeness (QED) is 0.938. The Balaban J connectivity index is 1.87. The summed E-state index contributed by atoms with van der Waals surface area (Å²) >= 11 is 0. The lowest BCUT2D eigenvalue weighted by atomic mass is 10.0. The number of rotatable bonds is 4. The highest BCUT2D eigenvalue weighted by molar-refractivity contribution is 5.83. The van der Waals surface area contributed by atoms with Crippen LogP contribution in [0, 0.1) is 6.42 Å². The van der Waals surface area contributed by atoms with Gasteiger partial charge in [0.05, 0.1) is 18.7 Å². The summed E-state index contributed by atoms with van der Waals surface area (Å²) in [5.41, 5.74) is 1.81. The molecule has 1 N–H and O–H groups in total. The molecule has 4 nitrogen and oxygen atoms in total. The molecule has 111 valence electrons. The molecule has 0 bridgehead atoms. The predicted octanol–water partition coefficient (Wildman–Crippen LogP) is 2.58. The lowest BCUT2D eigenvalue weighted by molar-refractivity contribution is 0.109. The molecule has 1 radical (unpaired) electrons. The highest BCUT2D eigenvalue weighted by Gasteiger charge is 2.18. The second-order valence-electron chi connectivity index (χ2n) is 5.47. The Morgan fingerprint density at radius 1 is 1.29 bits per heavy atom. The molecule has 0 amide bonds. The Bertz CT molecular complexity index is 609. The van der Waals surface area contributed by atoms with Gasteiger partial charge >= 0.3 is 0 Å². The Kier molecular flexibility index (Phi) is 4.36. The number of hydrogen-bond donors (Lipinski definition) is 1. The van der Waals surface area contributed by atoms with Crippen LogP contribution in [0.2, 0.25) is 0 Å². The average molecular weight is 285 g/mol. The molecule has 0 spiro atoms. The molecule has 2 heterocycles. The van der Waals surface area contributed by atoms with E-state index >= 15 is 0 Å². The first-order valence-electron chi connectivity index (χ1n) is 7.42. The summed E-state index contributed by atoms with van der Waals surface area (Å²) in [6.45, 7) is 2.73. The number of aromatic nitrogens is 1. The maximum absolute atomic E-state index is 10.6. The van der Waals surface area contributed by atoms with E-state index in [1.54, 1.807) is 13.3 Å². The molecule has 4 heteroatoms. The van der Waals surface area contributed by atoms with Gasteiger partial charge < -0.3 is 14.7 Å². The van der Waals surface area contributed by atoms with Crippen LogP contribution in [0.25, 0.3) is 10.9 Å². The van der Waals surface area contributed by atoms with Crippen LogP contribution in [0.3, 0.4) is 0 Å². The van der Waals surface area contributed by atoms with Gasteiger partial charge in [0, 0.05) is 18.1 Å². The molecule has 1 aromatic carbocycles. The lowest BCUT2D eigenvalue weighted by Gasteiger charge is -2.28. The van der Waals surface area contributed by atoms with E-state index in [-0.39, 0.29) is 0 Å². The van der Waals surface area contributed by atoms with Crippen molar-refractivity contribution in [3.8, 4) is 5.75 Å². The standard InChI is InChI=1S/C17H21N2O2/c1-21-13-5-6-16-15(11-13)14(7-8-18-16)17(20)12-19-9-3-2-4-10-19/h2,5-8,11,17,20H,3-4,9-10,12H2,1H3/t17-/m1/s1. The van der Waals surface area contributed by atoms with Gasteiger partial charge in [-0.3, -0.25) is 4.98 Å². The molecule has 1 aliphatic rings. The SMILES string of the molecule is COc1ccc2nccc([C@H](O)CN3CC[CH]CC3)c2c1. The number of benzene rings is 1. The number of piperidine rings is 1. The van der Waals surface area contributed by atoms with E-state index in [2.05, 4.69) is 16.3 Å². The Labute approximate surface area is 125 Å². The number of fused-ring (bicyclic) bond motifs is 1. The molecule has 21 heavy (non-hydrogen) atoms. The molecule has 1 saturated heterocycles. The van der Waals surface area contributed by atoms with E-state index in [4.69, 9.17) is 4.74 Å². The number of aliphatic hydroxyl groups is 1. The third-order valence-electron chi connectivity index (χ3n) is 4.07. The molecule has 1 fully saturated rings. The van der Waals surface area contributed by atoms with Gasteiger partial charge in [0.2, 0.25) is 0 Å². The van der Waals surface area contributed by atoms with E-state index in [1.165, 1.54) is 0 Å². The normalized spacial score (nSPS) is 17.8. The fourth-order valence-corrected chi connectivity index (χ4v) is 2.89. The van der Waals surface area contributed by atoms with Crippen molar-refractivity contribution >= 4 is 10.9 Å². The molecular formula is C17H21N2O2. The third-order valence-corrected chi connectivity index (χ3v) is 4.07. The number of likely N-dealkylation sites (tertiary alicyclic amines) is 1. The summed E-state index contributed by atoms with van der Waals surface area (Å²) in [6.07, 6.45) is 5.79. The van der Waals surface area contributed by atoms with Crippen molar-refractivity contribution in [1.82, 2.24) is 9.88 Å². The van der Waals surface area contributed by atoms with Crippen molar-refractivity contribution < 1.29 is 9.84 Å². The maximum atomic E-state index is 10.6. The predicted molar refractivity (Wildman–Crippen MR) is 83.2 cm³/mol. The van der Waals surface area contributed by atoms with Crippen LogP contribution in [-0.2, 0) is 0 Å². The van der Waals surface area contributed by atoms with E-state index in [9.17, 15) is 5.11 Å². The van der Waals surface area contributed by atoms with Crippen molar-refractivity contribution in [2.45, 2.75) is 18.9 Å². The molecule has 1 aliphatic heterocycles. The minimum absolute atomic E-state index is 0.499. The van der Waals surface area contributed by atoms with E-state index < -0.39 is 6.10 Å². The molecule has 1 aromatic heterocycles. The van der Waals surface area contributed by atoms with Crippen LogP contribution in [0.15, 0.2) is 30.5 Å². The van der Waals surface area contributed by atoms with Crippen molar-refractivity contribution in [3.63, 3.8) is 0 Å². The number of methoxy groups -OCH3 is 1. The highest BCUT2D eigenvalue weighted by Crippen LogP contribution is 2.27. The number of β-amino-alcohol motifs (C(OH)–C–C–N with tert-alkyl or cyclic N) is 1. The zero-order valence-corrected chi connectivity index (χ0v) is 12.3. The highest BCUT2D eigenvalue weighted by atomic mass is 16.5. The molecule has 0 saturated carbocycles. The largest absolute Gasteiger partial charge is 0.497 e. The molecule has 0 aliphatic carbocycles. The first-order chi connectivity index (χ1) is 10.3. The van der Waals surface area contributed by atoms with Crippen molar-refractivity contribution in [3.05, 3.63) is 42.4 Å². The van der Waals surface area contributed by atoms with Gasteiger partial charge in [0.1, 0.15) is 5.75 Å². The van der Waals surface area contributed by atoms with Crippen LogP contribution in [0.4, 0.5) is 0 Å². The van der Waals surface area contributed by atoms with Crippen LogP contribution >= 0.6 is 0 Å². The van der Waals surface area contributed by atoms with Crippen molar-refractivity contribution in [2.75, 3.05) is 26.7 Å². The Hall–Kier alpha value is -1.65. The minimum atomic E-state index is -0.499. The van der Waals surface area contributed by atoms with Crippen LogP contribution in [0.5, 0.6) is 5.75 Å². The Morgan fingerprint density at radius 2 is 2.10 bits per heavy atom. The smallest absolute Gasteiger partial charge is 0.119 e. The number of hydrogen-bond acceptors (Lipinski definition) is 4. The summed E-state index contributed by atoms with van der Waals surface area (Å²) < 4.78 is 5.28. The van der Waals surface area contributed by atoms with Gasteiger partial charge in [-0.1, -0.05) is 0 Å². The van der Waals surface area contributed by atoms with Crippen molar-refractivity contribution in [1.29, 1.82) is 0 Å². The van der Waals surface area contributed by atoms with Gasteiger partial charge in [-0.15, -0.1) is 0 Å². The van der Waals surface area contributed by atoms with E-state index in [1.807, 2.05) is 24.3 Å². The molecule has 0 unspecified atom stereocenters. The van der Waals surface area contributed by atoms with Gasteiger partial charge in [0.25, 0.3) is 0 Å². The van der Waals surface area contributed by atoms with Crippen LogP contribution < -0.4 is 4.74 Å². The lowest BCUT2D eigenvalue weighted by Crippen LogP contribution is -2.33. The maximum Gasteiger partial charge on any atom is 0.119 e. The van der Waals surface area contributed by atoms with Gasteiger partial charge in [-0.25, -0.2) is 0 Å². The number of nitrogens with zero attached hydrogens (tertiary/aromatic N) is 2. The van der Waals surface area contributed by atoms with Crippen molar-refractivity contribution in [2.24, 2.45) is 0 Å². The van der Waals surface area contributed by atoms with E-state index in [0.717, 1.165) is 48.1 Å². The fourth-order valence-electron chi connectivity index (χ4n) is 2.89. The Morgan fingerprint density at radius 3 is 2.86 bits per heavy atom. The monoisotopic (exact) mass is 285 g/mol. The molecular weight excluding hydrogens is 264 g/mol. The van der Waals surface area contributed by atoms with Gasteiger partial charge in [-0.2, -0.15) is 0 Å². The molecule has 3 rings (SSSR count). The third kappa shape index (κ3) is 3.17. The first-order valence-corrected chi connectivity index (χ1v) is 7.42. The van der Waals surface area contributed by atoms with Crippen LogP contribution in [0.1, 0.15) is 24.5 Å². The number of aliphatic hydroxyl groups excluding tert-OH is 1. The summed E-state index contributed by atoms with van der Waals surface area (Å²) in [6, 6.07) is 7.68. The van der Waals surface area contributed by atoms with Crippen LogP contribution in [-0.4, -0.2) is 41.7 Å². The fraction of sp³-hybridized carbons (Fsp3) is 0.412. The van der Waals surface area contributed by atoms with Gasteiger partial charge in [0.15, 0.2) is 0 Å². The molecule has 2 aromatic rings. The van der Waals surface area contributed by atoms with Gasteiger partial charge in [-0.05, 0) is 62.2 Å². The summed E-state index contributed by atoms with van der Waals surface area (Å²) in [4.78, 5) is 6.68. The summed E-state index contributed by atoms with van der Waals surface area (Å²) in [5.74, 6) is 0.788. The number of ether oxygens (including phenoxy) is 1. The second kappa shape index (κ2) is 6.41. The topological polar surface area (TPSA) is 45.6 Å². The zero-order chi connectivity index (χ0) is 14.7. The second-order valence-corrected chi connectivity index (χ2v) is 5.47. The number of pyridine rings is 1. The first kappa shape index (κ1) is 14.3. The summed E-state index contributed by atoms with van der Waals surface area (Å²) in [7, 11) is 1.65. The van der Waals surface area contributed by atoms with E-state index in [0.29, 0.717) is 6.54 Å². The molecule has 1 atom stereocenters. The summed E-state index contributed by atoms with van der Waals surface area (Å²) in [5, 5.41) is 11.6.